The second-order valence-electron chi connectivity index (χ2n) is 5.27. The van der Waals surface area contributed by atoms with Gasteiger partial charge in [0, 0.05) is 22.6 Å². The Morgan fingerprint density at radius 3 is 2.64 bits per heavy atom. The van der Waals surface area contributed by atoms with Crippen LogP contribution in [0.5, 0.6) is 5.88 Å². The molecule has 2 aromatic heterocycles. The molecule has 0 aliphatic carbocycles. The number of carbonyl (C=O) groups excluding carboxylic acids is 1. The molecule has 2 amide bonds. The van der Waals surface area contributed by atoms with E-state index in [0.29, 0.717) is 24.6 Å². The van der Waals surface area contributed by atoms with Gasteiger partial charge < -0.3 is 15.4 Å². The van der Waals surface area contributed by atoms with Crippen molar-refractivity contribution in [2.75, 3.05) is 13.7 Å². The quantitative estimate of drug-likeness (QED) is 0.685. The summed E-state index contributed by atoms with van der Waals surface area (Å²) in [6.45, 7) is 2.72. The van der Waals surface area contributed by atoms with Crippen LogP contribution in [0.25, 0.3) is 16.9 Å². The fourth-order valence-electron chi connectivity index (χ4n) is 2.46. The van der Waals surface area contributed by atoms with E-state index >= 15 is 0 Å². The summed E-state index contributed by atoms with van der Waals surface area (Å²) < 4.78 is 7.89. The summed E-state index contributed by atoms with van der Waals surface area (Å²) in [7, 11) is 1.56. The number of imidazole rings is 1. The first-order valence-corrected chi connectivity index (χ1v) is 8.62. The molecule has 2 heterocycles. The minimum absolute atomic E-state index is 0.234. The zero-order chi connectivity index (χ0) is 17.8. The van der Waals surface area contributed by atoms with Crippen LogP contribution in [0, 0.1) is 0 Å². The lowest BCUT2D eigenvalue weighted by Crippen LogP contribution is -2.35. The van der Waals surface area contributed by atoms with Crippen LogP contribution in [-0.2, 0) is 6.54 Å². The van der Waals surface area contributed by atoms with Gasteiger partial charge in [0.25, 0.3) is 0 Å². The van der Waals surface area contributed by atoms with Gasteiger partial charge in [0.2, 0.25) is 5.88 Å². The van der Waals surface area contributed by atoms with Crippen LogP contribution in [0.3, 0.4) is 0 Å². The molecule has 0 spiro atoms. The van der Waals surface area contributed by atoms with Crippen LogP contribution in [0.4, 0.5) is 4.79 Å². The summed E-state index contributed by atoms with van der Waals surface area (Å²) in [5.74, 6) is 0.478. The van der Waals surface area contributed by atoms with Gasteiger partial charge in [0.15, 0.2) is 5.65 Å². The van der Waals surface area contributed by atoms with Gasteiger partial charge in [0.1, 0.15) is 0 Å². The van der Waals surface area contributed by atoms with Gasteiger partial charge in [-0.1, -0.05) is 28.1 Å². The Labute approximate surface area is 153 Å². The van der Waals surface area contributed by atoms with Gasteiger partial charge in [-0.25, -0.2) is 14.3 Å². The molecule has 0 saturated carbocycles. The maximum Gasteiger partial charge on any atom is 0.315 e. The minimum Gasteiger partial charge on any atom is -0.480 e. The Balaban J connectivity index is 2.06. The molecule has 3 aromatic rings. The van der Waals surface area contributed by atoms with Gasteiger partial charge in [-0.3, -0.25) is 0 Å². The van der Waals surface area contributed by atoms with Crippen molar-refractivity contribution < 1.29 is 9.53 Å². The normalized spacial score (nSPS) is 10.7. The van der Waals surface area contributed by atoms with E-state index in [1.165, 1.54) is 0 Å². The maximum absolute atomic E-state index is 11.8. The van der Waals surface area contributed by atoms with Crippen molar-refractivity contribution in [2.45, 2.75) is 13.5 Å². The standard InChI is InChI=1S/C17H18BrN5O2/c1-3-19-17(24)20-10-13-16(11-4-6-12(18)7-5-11)21-14-8-9-15(25-2)22-23(13)14/h4-9H,3,10H2,1-2H3,(H2,19,20,24). The predicted octanol–water partition coefficient (Wildman–Crippen LogP) is 2.99. The van der Waals surface area contributed by atoms with Crippen LogP contribution in [0.15, 0.2) is 40.9 Å². The molecule has 0 unspecified atom stereocenters. The maximum atomic E-state index is 11.8. The summed E-state index contributed by atoms with van der Waals surface area (Å²) in [4.78, 5) is 16.5. The van der Waals surface area contributed by atoms with Gasteiger partial charge >= 0.3 is 6.03 Å². The number of rotatable bonds is 5. The molecule has 0 aliphatic rings. The third-order valence-corrected chi connectivity index (χ3v) is 4.16. The number of halogens is 1. The van der Waals surface area contributed by atoms with E-state index in [9.17, 15) is 4.79 Å². The van der Waals surface area contributed by atoms with Crippen LogP contribution < -0.4 is 15.4 Å². The van der Waals surface area contributed by atoms with Gasteiger partial charge in [-0.15, -0.1) is 5.10 Å². The Hall–Kier alpha value is -2.61. The zero-order valence-electron chi connectivity index (χ0n) is 13.9. The van der Waals surface area contributed by atoms with E-state index in [-0.39, 0.29) is 6.03 Å². The van der Waals surface area contributed by atoms with Crippen molar-refractivity contribution in [3.8, 4) is 17.1 Å². The molecule has 8 heteroatoms. The van der Waals surface area contributed by atoms with E-state index in [4.69, 9.17) is 4.74 Å². The molecule has 25 heavy (non-hydrogen) atoms. The highest BCUT2D eigenvalue weighted by Crippen LogP contribution is 2.26. The van der Waals surface area contributed by atoms with Gasteiger partial charge in [-0.05, 0) is 25.1 Å². The SMILES string of the molecule is CCNC(=O)NCc1c(-c2ccc(Br)cc2)nc2ccc(OC)nn12. The number of ether oxygens (including phenoxy) is 1. The van der Waals surface area contributed by atoms with E-state index in [0.717, 1.165) is 21.4 Å². The van der Waals surface area contributed by atoms with Gasteiger partial charge in [-0.2, -0.15) is 0 Å². The van der Waals surface area contributed by atoms with Crippen molar-refractivity contribution in [1.82, 2.24) is 25.2 Å². The lowest BCUT2D eigenvalue weighted by molar-refractivity contribution is 0.241. The number of methoxy groups -OCH3 is 1. The molecule has 0 bridgehead atoms. The Morgan fingerprint density at radius 1 is 1.20 bits per heavy atom. The smallest absolute Gasteiger partial charge is 0.315 e. The highest BCUT2D eigenvalue weighted by atomic mass is 79.9. The minimum atomic E-state index is -0.234. The predicted molar refractivity (Wildman–Crippen MR) is 98.6 cm³/mol. The van der Waals surface area contributed by atoms with E-state index in [1.54, 1.807) is 17.7 Å². The number of nitrogens with zero attached hydrogens (tertiary/aromatic N) is 3. The lowest BCUT2D eigenvalue weighted by atomic mass is 10.1. The van der Waals surface area contributed by atoms with Crippen LogP contribution >= 0.6 is 15.9 Å². The van der Waals surface area contributed by atoms with Crippen molar-refractivity contribution in [3.05, 3.63) is 46.6 Å². The second-order valence-corrected chi connectivity index (χ2v) is 6.19. The third kappa shape index (κ3) is 3.74. The van der Waals surface area contributed by atoms with Gasteiger partial charge in [0.05, 0.1) is 25.0 Å². The number of aromatic nitrogens is 3. The summed E-state index contributed by atoms with van der Waals surface area (Å²) in [5.41, 5.74) is 3.18. The molecule has 0 fully saturated rings. The molecule has 1 aromatic carbocycles. The highest BCUT2D eigenvalue weighted by Gasteiger charge is 2.16. The molecule has 0 saturated heterocycles. The number of hydrogen-bond acceptors (Lipinski definition) is 4. The third-order valence-electron chi connectivity index (χ3n) is 3.63. The Morgan fingerprint density at radius 2 is 1.96 bits per heavy atom. The van der Waals surface area contributed by atoms with Crippen molar-refractivity contribution >= 4 is 27.6 Å². The molecule has 0 atom stereocenters. The second kappa shape index (κ2) is 7.52. The number of carbonyl (C=O) groups is 1. The van der Waals surface area contributed by atoms with Crippen molar-refractivity contribution in [1.29, 1.82) is 0 Å². The summed E-state index contributed by atoms with van der Waals surface area (Å²) in [6.07, 6.45) is 0. The molecular weight excluding hydrogens is 386 g/mol. The molecule has 0 radical (unpaired) electrons. The summed E-state index contributed by atoms with van der Waals surface area (Å²) >= 11 is 3.44. The van der Waals surface area contributed by atoms with E-state index in [1.807, 2.05) is 37.3 Å². The number of benzene rings is 1. The first-order chi connectivity index (χ1) is 12.1. The summed E-state index contributed by atoms with van der Waals surface area (Å²) in [6, 6.07) is 11.2. The number of nitrogens with one attached hydrogen (secondary N) is 2. The molecule has 3 rings (SSSR count). The number of urea groups is 1. The highest BCUT2D eigenvalue weighted by molar-refractivity contribution is 9.10. The van der Waals surface area contributed by atoms with Crippen LogP contribution in [0.1, 0.15) is 12.6 Å². The monoisotopic (exact) mass is 403 g/mol. The Kier molecular flexibility index (Phi) is 5.18. The number of fused-ring (bicyclic) bond motifs is 1. The first-order valence-electron chi connectivity index (χ1n) is 7.82. The average molecular weight is 404 g/mol. The largest absolute Gasteiger partial charge is 0.480 e. The van der Waals surface area contributed by atoms with Crippen LogP contribution in [-0.4, -0.2) is 34.3 Å². The first kappa shape index (κ1) is 17.2. The molecule has 2 N–H and O–H groups in total. The lowest BCUT2D eigenvalue weighted by Gasteiger charge is -2.08. The van der Waals surface area contributed by atoms with Crippen molar-refractivity contribution in [2.24, 2.45) is 0 Å². The fraction of sp³-hybridized carbons (Fsp3) is 0.235. The van der Waals surface area contributed by atoms with Crippen LogP contribution in [0.2, 0.25) is 0 Å². The zero-order valence-corrected chi connectivity index (χ0v) is 15.5. The number of hydrogen-bond donors (Lipinski definition) is 2. The van der Waals surface area contributed by atoms with E-state index in [2.05, 4.69) is 36.6 Å². The average Bonchev–Trinajstić information content (AvgIpc) is 2.98. The van der Waals surface area contributed by atoms with Crippen molar-refractivity contribution in [3.63, 3.8) is 0 Å². The Bertz CT molecular complexity index is 892. The molecule has 7 nitrogen and oxygen atoms in total. The molecular formula is C17H18BrN5O2. The molecule has 0 aliphatic heterocycles. The van der Waals surface area contributed by atoms with E-state index < -0.39 is 0 Å². The number of amides is 2. The summed E-state index contributed by atoms with van der Waals surface area (Å²) in [5, 5.41) is 9.98. The topological polar surface area (TPSA) is 80.5 Å². The molecule has 130 valence electrons. The fourth-order valence-corrected chi connectivity index (χ4v) is 2.72.